The summed E-state index contributed by atoms with van der Waals surface area (Å²) in [5.74, 6) is 2.16. The molecule has 0 spiro atoms. The van der Waals surface area contributed by atoms with E-state index >= 15 is 0 Å². The molecular weight excluding hydrogens is 330 g/mol. The first-order valence-electron chi connectivity index (χ1n) is 8.55. The number of amides is 1. The zero-order valence-corrected chi connectivity index (χ0v) is 15.2. The molecule has 3 aromatic rings. The van der Waals surface area contributed by atoms with Crippen molar-refractivity contribution in [2.75, 3.05) is 14.2 Å². The lowest BCUT2D eigenvalue weighted by molar-refractivity contribution is -0.121. The fraction of sp³-hybridized carbons (Fsp3) is 0.300. The number of imidazole rings is 1. The summed E-state index contributed by atoms with van der Waals surface area (Å²) in [6, 6.07) is 13.3. The molecule has 0 bridgehead atoms. The highest BCUT2D eigenvalue weighted by Gasteiger charge is 2.14. The second-order valence-corrected chi connectivity index (χ2v) is 6.15. The summed E-state index contributed by atoms with van der Waals surface area (Å²) in [6.45, 7) is 1.92. The van der Waals surface area contributed by atoms with Gasteiger partial charge < -0.3 is 19.8 Å². The minimum absolute atomic E-state index is 0.0280. The number of hydrogen-bond acceptors (Lipinski definition) is 4. The van der Waals surface area contributed by atoms with Crippen LogP contribution >= 0.6 is 0 Å². The molecule has 6 nitrogen and oxygen atoms in total. The molecule has 0 saturated heterocycles. The maximum Gasteiger partial charge on any atom is 0.220 e. The SMILES string of the molecule is COc1cc(CCC(=O)NC(C)c2nc3ccccc3[nH]2)cc(OC)c1. The monoisotopic (exact) mass is 353 g/mol. The molecule has 1 unspecified atom stereocenters. The number of aryl methyl sites for hydroxylation is 1. The van der Waals surface area contributed by atoms with E-state index in [0.717, 1.165) is 33.9 Å². The van der Waals surface area contributed by atoms with Crippen LogP contribution in [0.3, 0.4) is 0 Å². The lowest BCUT2D eigenvalue weighted by Crippen LogP contribution is -2.27. The molecule has 1 heterocycles. The summed E-state index contributed by atoms with van der Waals surface area (Å²) in [4.78, 5) is 20.1. The van der Waals surface area contributed by atoms with Gasteiger partial charge in [0.2, 0.25) is 5.91 Å². The number of aromatic amines is 1. The third-order valence-electron chi connectivity index (χ3n) is 4.25. The van der Waals surface area contributed by atoms with Crippen LogP contribution in [0, 0.1) is 0 Å². The lowest BCUT2D eigenvalue weighted by Gasteiger charge is -2.12. The van der Waals surface area contributed by atoms with Crippen molar-refractivity contribution in [1.82, 2.24) is 15.3 Å². The van der Waals surface area contributed by atoms with Gasteiger partial charge >= 0.3 is 0 Å². The summed E-state index contributed by atoms with van der Waals surface area (Å²) in [6.07, 6.45) is 0.979. The predicted molar refractivity (Wildman–Crippen MR) is 101 cm³/mol. The van der Waals surface area contributed by atoms with Crippen molar-refractivity contribution >= 4 is 16.9 Å². The molecule has 1 amide bonds. The fourth-order valence-electron chi connectivity index (χ4n) is 2.83. The number of nitrogens with zero attached hydrogens (tertiary/aromatic N) is 1. The summed E-state index contributed by atoms with van der Waals surface area (Å²) in [5, 5.41) is 2.99. The van der Waals surface area contributed by atoms with Crippen molar-refractivity contribution in [3.63, 3.8) is 0 Å². The van der Waals surface area contributed by atoms with Crippen LogP contribution in [0.25, 0.3) is 11.0 Å². The molecule has 2 aromatic carbocycles. The van der Waals surface area contributed by atoms with Crippen LogP contribution in [0.4, 0.5) is 0 Å². The molecule has 0 aliphatic rings. The van der Waals surface area contributed by atoms with Crippen LogP contribution in [0.2, 0.25) is 0 Å². The number of hydrogen-bond donors (Lipinski definition) is 2. The molecule has 6 heteroatoms. The molecule has 2 N–H and O–H groups in total. The average molecular weight is 353 g/mol. The quantitative estimate of drug-likeness (QED) is 0.683. The standard InChI is InChI=1S/C20H23N3O3/c1-13(20-22-17-6-4-5-7-18(17)23-20)21-19(24)9-8-14-10-15(25-2)12-16(11-14)26-3/h4-7,10-13H,8-9H2,1-3H3,(H,21,24)(H,22,23). The first-order valence-corrected chi connectivity index (χ1v) is 8.55. The van der Waals surface area contributed by atoms with Gasteiger partial charge in [-0.3, -0.25) is 4.79 Å². The van der Waals surface area contributed by atoms with Crippen LogP contribution in [0.1, 0.15) is 30.8 Å². The molecule has 0 aliphatic carbocycles. The van der Waals surface area contributed by atoms with Crippen molar-refractivity contribution in [2.45, 2.75) is 25.8 Å². The Hall–Kier alpha value is -3.02. The van der Waals surface area contributed by atoms with E-state index < -0.39 is 0 Å². The summed E-state index contributed by atoms with van der Waals surface area (Å²) in [7, 11) is 3.22. The van der Waals surface area contributed by atoms with Gasteiger partial charge in [-0.1, -0.05) is 12.1 Å². The van der Waals surface area contributed by atoms with Gasteiger partial charge in [-0.25, -0.2) is 4.98 Å². The third-order valence-corrected chi connectivity index (χ3v) is 4.25. The van der Waals surface area contributed by atoms with E-state index in [1.54, 1.807) is 14.2 Å². The molecule has 1 aromatic heterocycles. The maximum absolute atomic E-state index is 12.3. The number of H-pyrrole nitrogens is 1. The van der Waals surface area contributed by atoms with Crippen molar-refractivity contribution in [1.29, 1.82) is 0 Å². The minimum atomic E-state index is -0.185. The van der Waals surface area contributed by atoms with Crippen molar-refractivity contribution in [2.24, 2.45) is 0 Å². The molecule has 0 radical (unpaired) electrons. The van der Waals surface area contributed by atoms with E-state index in [2.05, 4.69) is 15.3 Å². The van der Waals surface area contributed by atoms with Gasteiger partial charge in [-0.15, -0.1) is 0 Å². The molecule has 3 rings (SSSR count). The number of fused-ring (bicyclic) bond motifs is 1. The Labute approximate surface area is 152 Å². The van der Waals surface area contributed by atoms with Crippen molar-refractivity contribution in [3.05, 3.63) is 53.9 Å². The number of carbonyl (C=O) groups excluding carboxylic acids is 1. The van der Waals surface area contributed by atoms with Gasteiger partial charge in [0, 0.05) is 12.5 Å². The average Bonchev–Trinajstić information content (AvgIpc) is 3.10. The Morgan fingerprint density at radius 3 is 2.50 bits per heavy atom. The van der Waals surface area contributed by atoms with Crippen LogP contribution in [0.5, 0.6) is 11.5 Å². The van der Waals surface area contributed by atoms with Crippen molar-refractivity contribution in [3.8, 4) is 11.5 Å². The Kier molecular flexibility index (Phi) is 5.41. The smallest absolute Gasteiger partial charge is 0.220 e. The van der Waals surface area contributed by atoms with Gasteiger partial charge in [0.05, 0.1) is 31.3 Å². The first-order chi connectivity index (χ1) is 12.6. The molecule has 0 aliphatic heterocycles. The van der Waals surface area contributed by atoms with Gasteiger partial charge in [-0.05, 0) is 43.2 Å². The number of nitrogens with one attached hydrogen (secondary N) is 2. The first kappa shape index (κ1) is 17.8. The highest BCUT2D eigenvalue weighted by Crippen LogP contribution is 2.23. The number of benzene rings is 2. The number of methoxy groups -OCH3 is 2. The predicted octanol–water partition coefficient (Wildman–Crippen LogP) is 3.39. The van der Waals surface area contributed by atoms with Crippen LogP contribution in [-0.2, 0) is 11.2 Å². The Morgan fingerprint density at radius 2 is 1.85 bits per heavy atom. The number of para-hydroxylation sites is 2. The van der Waals surface area contributed by atoms with Crippen LogP contribution in [0.15, 0.2) is 42.5 Å². The normalized spacial score (nSPS) is 12.0. The van der Waals surface area contributed by atoms with Crippen molar-refractivity contribution < 1.29 is 14.3 Å². The highest BCUT2D eigenvalue weighted by atomic mass is 16.5. The summed E-state index contributed by atoms with van der Waals surface area (Å²) < 4.78 is 10.5. The molecular formula is C20H23N3O3. The Bertz CT molecular complexity index is 849. The fourth-order valence-corrected chi connectivity index (χ4v) is 2.83. The van der Waals surface area contributed by atoms with E-state index in [0.29, 0.717) is 12.8 Å². The van der Waals surface area contributed by atoms with Crippen LogP contribution in [-0.4, -0.2) is 30.1 Å². The van der Waals surface area contributed by atoms with Gasteiger partial charge in [0.1, 0.15) is 17.3 Å². The number of aromatic nitrogens is 2. The molecule has 1 atom stereocenters. The summed E-state index contributed by atoms with van der Waals surface area (Å²) in [5.41, 5.74) is 2.85. The van der Waals surface area contributed by atoms with Crippen LogP contribution < -0.4 is 14.8 Å². The zero-order chi connectivity index (χ0) is 18.5. The number of rotatable bonds is 7. The van der Waals surface area contributed by atoms with E-state index in [4.69, 9.17) is 9.47 Å². The van der Waals surface area contributed by atoms with Gasteiger partial charge in [-0.2, -0.15) is 0 Å². The third kappa shape index (κ3) is 4.14. The van der Waals surface area contributed by atoms with Gasteiger partial charge in [0.25, 0.3) is 0 Å². The minimum Gasteiger partial charge on any atom is -0.497 e. The Balaban J connectivity index is 1.60. The zero-order valence-electron chi connectivity index (χ0n) is 15.2. The maximum atomic E-state index is 12.3. The molecule has 26 heavy (non-hydrogen) atoms. The molecule has 0 fully saturated rings. The number of carbonyl (C=O) groups is 1. The number of ether oxygens (including phenoxy) is 2. The molecule has 0 saturated carbocycles. The van der Waals surface area contributed by atoms with E-state index in [1.165, 1.54) is 0 Å². The second-order valence-electron chi connectivity index (χ2n) is 6.15. The largest absolute Gasteiger partial charge is 0.497 e. The van der Waals surface area contributed by atoms with Gasteiger partial charge in [0.15, 0.2) is 0 Å². The summed E-state index contributed by atoms with van der Waals surface area (Å²) >= 11 is 0. The molecule has 136 valence electrons. The van der Waals surface area contributed by atoms with E-state index in [1.807, 2.05) is 49.4 Å². The second kappa shape index (κ2) is 7.91. The highest BCUT2D eigenvalue weighted by molar-refractivity contribution is 5.77. The van der Waals surface area contributed by atoms with E-state index in [-0.39, 0.29) is 11.9 Å². The van der Waals surface area contributed by atoms with E-state index in [9.17, 15) is 4.79 Å². The topological polar surface area (TPSA) is 76.2 Å². The Morgan fingerprint density at radius 1 is 1.15 bits per heavy atom. The lowest BCUT2D eigenvalue weighted by atomic mass is 10.1.